The molecule has 2 aromatic carbocycles. The maximum atomic E-state index is 13.4. The normalized spacial score (nSPS) is 13.1. The molecule has 0 unspecified atom stereocenters. The lowest BCUT2D eigenvalue weighted by Gasteiger charge is -2.30. The molecule has 2 aromatic rings. The van der Waals surface area contributed by atoms with E-state index in [-0.39, 0.29) is 41.3 Å². The fraction of sp³-hybridized carbons (Fsp3) is 0.263. The maximum Gasteiger partial charge on any atom is 0.547 e. The second-order valence-electron chi connectivity index (χ2n) is 6.66. The third-order valence-electron chi connectivity index (χ3n) is 4.55. The lowest BCUT2D eigenvalue weighted by atomic mass is 10.3. The molecule has 0 aliphatic carbocycles. The second-order valence-corrected chi connectivity index (χ2v) is 10.8. The van der Waals surface area contributed by atoms with E-state index in [1.165, 1.54) is 31.2 Å². The number of halogens is 3. The molecular formula is C19H20BrF2N3O2Si. The molecule has 0 saturated heterocycles. The molecule has 0 radical (unpaired) electrons. The fourth-order valence-electron chi connectivity index (χ4n) is 3.06. The van der Waals surface area contributed by atoms with Crippen LogP contribution in [0.25, 0.3) is 0 Å². The van der Waals surface area contributed by atoms with Gasteiger partial charge in [0.05, 0.1) is 0 Å². The molecule has 1 aliphatic heterocycles. The Morgan fingerprint density at radius 1 is 1.11 bits per heavy atom. The van der Waals surface area contributed by atoms with Gasteiger partial charge in [0, 0.05) is 13.1 Å². The van der Waals surface area contributed by atoms with E-state index in [9.17, 15) is 13.6 Å². The van der Waals surface area contributed by atoms with E-state index in [1.54, 1.807) is 29.2 Å². The molecule has 1 heterocycles. The summed E-state index contributed by atoms with van der Waals surface area (Å²) in [7, 11) is -2.36. The minimum absolute atomic E-state index is 0. The highest BCUT2D eigenvalue weighted by Crippen LogP contribution is 2.13. The van der Waals surface area contributed by atoms with Crippen molar-refractivity contribution in [2.75, 3.05) is 19.6 Å². The molecule has 3 rings (SSSR count). The predicted molar refractivity (Wildman–Crippen MR) is 101 cm³/mol. The quantitative estimate of drug-likeness (QED) is 0.298. The predicted octanol–water partition coefficient (Wildman–Crippen LogP) is -1.38. The number of hydrazone groups is 1. The largest absolute Gasteiger partial charge is 1.00 e. The number of esters is 1. The zero-order valence-corrected chi connectivity index (χ0v) is 18.1. The summed E-state index contributed by atoms with van der Waals surface area (Å²) in [5.41, 5.74) is 0. The molecule has 5 nitrogen and oxygen atoms in total. The van der Waals surface area contributed by atoms with Crippen molar-refractivity contribution in [3.05, 3.63) is 60.2 Å². The summed E-state index contributed by atoms with van der Waals surface area (Å²) in [5, 5.41) is 8.14. The Labute approximate surface area is 174 Å². The molecule has 0 aromatic heterocycles. The monoisotopic (exact) mass is 467 g/mol. The van der Waals surface area contributed by atoms with Crippen molar-refractivity contribution in [2.45, 2.75) is 13.5 Å². The lowest BCUT2D eigenvalue weighted by molar-refractivity contribution is -0.144. The molecule has 0 bridgehead atoms. The van der Waals surface area contributed by atoms with Crippen LogP contribution in [0, 0.1) is 11.6 Å². The number of ether oxygens (including phenoxy) is 1. The summed E-state index contributed by atoms with van der Waals surface area (Å²) in [5.74, 6) is -0.962. The van der Waals surface area contributed by atoms with Crippen molar-refractivity contribution in [3.8, 4) is 0 Å². The molecule has 0 saturated carbocycles. The van der Waals surface area contributed by atoms with Crippen LogP contribution in [0.15, 0.2) is 53.6 Å². The van der Waals surface area contributed by atoms with Crippen molar-refractivity contribution < 1.29 is 35.3 Å². The first-order valence-electron chi connectivity index (χ1n) is 8.48. The summed E-state index contributed by atoms with van der Waals surface area (Å²) in [4.78, 5) is 12.6. The summed E-state index contributed by atoms with van der Waals surface area (Å²) in [6, 6.07) is 12.9. The van der Waals surface area contributed by atoms with Gasteiger partial charge in [0.2, 0.25) is 6.73 Å². The van der Waals surface area contributed by atoms with Crippen LogP contribution in [0.3, 0.4) is 0 Å². The Morgan fingerprint density at radius 3 is 2.07 bits per heavy atom. The highest BCUT2D eigenvalue weighted by Gasteiger charge is 2.39. The van der Waals surface area contributed by atoms with Gasteiger partial charge in [-0.05, 0) is 24.3 Å². The Balaban J connectivity index is 0.00000280. The van der Waals surface area contributed by atoms with Crippen molar-refractivity contribution in [3.63, 3.8) is 0 Å². The van der Waals surface area contributed by atoms with E-state index in [2.05, 4.69) is 18.0 Å². The van der Waals surface area contributed by atoms with Crippen LogP contribution in [-0.2, 0) is 9.53 Å². The van der Waals surface area contributed by atoms with Crippen LogP contribution in [0.1, 0.15) is 6.92 Å². The van der Waals surface area contributed by atoms with Crippen molar-refractivity contribution in [2.24, 2.45) is 5.10 Å². The third kappa shape index (κ3) is 5.12. The lowest BCUT2D eigenvalue weighted by Crippen LogP contribution is -3.00. The number of hydrogen-bond donors (Lipinski definition) is 0. The van der Waals surface area contributed by atoms with Crippen molar-refractivity contribution in [1.82, 2.24) is 9.91 Å². The fourth-order valence-corrected chi connectivity index (χ4v) is 6.46. The summed E-state index contributed by atoms with van der Waals surface area (Å²) in [6.45, 7) is 3.99. The van der Waals surface area contributed by atoms with Crippen LogP contribution in [-0.4, -0.2) is 49.9 Å². The number of rotatable bonds is 6. The van der Waals surface area contributed by atoms with Gasteiger partial charge in [-0.1, -0.05) is 46.1 Å². The van der Waals surface area contributed by atoms with Crippen LogP contribution in [0.5, 0.6) is 0 Å². The second kappa shape index (κ2) is 9.23. The van der Waals surface area contributed by atoms with Crippen LogP contribution in [0.4, 0.5) is 8.78 Å². The SMILES string of the molecule is CC(=O)OCN1[C+]=NN(C[Si](C)(c2ccc(F)cc2)c2ccc(F)cc2)C1.[Br-]. The summed E-state index contributed by atoms with van der Waals surface area (Å²) >= 11 is 0. The Bertz CT molecular complexity index is 789. The average molecular weight is 468 g/mol. The number of carbonyl (C=O) groups is 1. The van der Waals surface area contributed by atoms with E-state index in [1.807, 2.05) is 5.01 Å². The maximum absolute atomic E-state index is 13.4. The van der Waals surface area contributed by atoms with Gasteiger partial charge in [0.15, 0.2) is 6.67 Å². The van der Waals surface area contributed by atoms with Gasteiger partial charge in [-0.2, -0.15) is 0 Å². The first kappa shape index (κ1) is 21.9. The van der Waals surface area contributed by atoms with Gasteiger partial charge in [0.1, 0.15) is 24.8 Å². The Hall–Kier alpha value is -2.35. The van der Waals surface area contributed by atoms with Crippen molar-refractivity contribution >= 4 is 30.8 Å². The molecule has 0 spiro atoms. The number of hydrogen-bond acceptors (Lipinski definition) is 5. The van der Waals surface area contributed by atoms with Crippen LogP contribution in [0.2, 0.25) is 6.55 Å². The molecule has 0 atom stereocenters. The molecule has 9 heteroatoms. The zero-order chi connectivity index (χ0) is 19.4. The molecule has 0 N–H and O–H groups in total. The molecule has 148 valence electrons. The minimum atomic E-state index is -2.36. The van der Waals surface area contributed by atoms with E-state index in [4.69, 9.17) is 4.74 Å². The van der Waals surface area contributed by atoms with Crippen LogP contribution >= 0.6 is 0 Å². The third-order valence-corrected chi connectivity index (χ3v) is 8.76. The minimum Gasteiger partial charge on any atom is -1.00 e. The molecule has 28 heavy (non-hydrogen) atoms. The molecule has 0 fully saturated rings. The smallest absolute Gasteiger partial charge is 0.547 e. The van der Waals surface area contributed by atoms with Gasteiger partial charge in [0.25, 0.3) is 0 Å². The molecule has 1 aliphatic rings. The Morgan fingerprint density at radius 2 is 1.61 bits per heavy atom. The van der Waals surface area contributed by atoms with Gasteiger partial charge in [-0.25, -0.2) is 13.8 Å². The van der Waals surface area contributed by atoms with E-state index < -0.39 is 8.07 Å². The first-order valence-corrected chi connectivity index (χ1v) is 11.2. The highest BCUT2D eigenvalue weighted by molar-refractivity contribution is 7.01. The van der Waals surface area contributed by atoms with Gasteiger partial charge < -0.3 is 21.7 Å². The van der Waals surface area contributed by atoms with Crippen molar-refractivity contribution in [1.29, 1.82) is 0 Å². The number of benzene rings is 2. The van der Waals surface area contributed by atoms with Gasteiger partial charge >= 0.3 is 12.3 Å². The van der Waals surface area contributed by atoms with E-state index >= 15 is 0 Å². The molecule has 0 amide bonds. The zero-order valence-electron chi connectivity index (χ0n) is 15.5. The number of carbonyl (C=O) groups excluding carboxylic acids is 1. The summed E-state index contributed by atoms with van der Waals surface area (Å²) < 4.78 is 31.8. The van der Waals surface area contributed by atoms with Crippen LogP contribution < -0.4 is 27.4 Å². The van der Waals surface area contributed by atoms with Gasteiger partial charge in [-0.15, -0.1) is 0 Å². The standard InChI is InChI=1S/C19H20F2N3O2Si.BrH/c1-15(25)26-13-23-11-22-24(12-23)14-27(2,18-7-3-16(20)4-8-18)19-9-5-17(21)6-10-19;/h3-10H,12-14H2,1-2H3;1H/q+1;/p-1. The summed E-state index contributed by atoms with van der Waals surface area (Å²) in [6.07, 6.45) is 3.41. The van der Waals surface area contributed by atoms with Gasteiger partial charge in [-0.3, -0.25) is 4.79 Å². The Kier molecular flexibility index (Phi) is 7.23. The van der Waals surface area contributed by atoms with E-state index in [0.29, 0.717) is 12.8 Å². The number of nitrogens with zero attached hydrogens (tertiary/aromatic N) is 3. The average Bonchev–Trinajstić information content (AvgIpc) is 3.08. The highest BCUT2D eigenvalue weighted by atomic mass is 79.9. The topological polar surface area (TPSA) is 45.1 Å². The first-order chi connectivity index (χ1) is 12.9. The molecular weight excluding hydrogens is 448 g/mol. The van der Waals surface area contributed by atoms with E-state index in [0.717, 1.165) is 10.4 Å².